The molecule has 1 aliphatic carbocycles. The molecule has 3 rings (SSSR count). The smallest absolute Gasteiger partial charge is 0.254 e. The lowest BCUT2D eigenvalue weighted by molar-refractivity contribution is 0.0299. The fraction of sp³-hybridized carbons (Fsp3) is 0.625. The van der Waals surface area contributed by atoms with Crippen LogP contribution < -0.4 is 0 Å². The van der Waals surface area contributed by atoms with Crippen LogP contribution in [0.2, 0.25) is 0 Å². The van der Waals surface area contributed by atoms with Crippen molar-refractivity contribution in [1.82, 2.24) is 4.90 Å². The Morgan fingerprint density at radius 2 is 1.79 bits per heavy atom. The standard InChI is InChI=1S/C16H21F2N/c1-12-3-4-13(2)14(9-12)10-19-7-5-15(6-8-19)11-16(15,17)18/h3-4,9H,5-8,10-11H2,1-2H3. The largest absolute Gasteiger partial charge is 0.299 e. The van der Waals surface area contributed by atoms with Crippen LogP contribution in [0.25, 0.3) is 0 Å². The lowest BCUT2D eigenvalue weighted by atomic mass is 9.92. The van der Waals surface area contributed by atoms with Crippen LogP contribution in [-0.2, 0) is 6.54 Å². The van der Waals surface area contributed by atoms with E-state index in [0.29, 0.717) is 12.8 Å². The van der Waals surface area contributed by atoms with Gasteiger partial charge in [-0.25, -0.2) is 8.78 Å². The molecule has 2 fully saturated rings. The predicted octanol–water partition coefficient (Wildman–Crippen LogP) is 3.92. The lowest BCUT2D eigenvalue weighted by Crippen LogP contribution is -2.36. The van der Waals surface area contributed by atoms with Crippen LogP contribution in [0.5, 0.6) is 0 Å². The van der Waals surface area contributed by atoms with Crippen molar-refractivity contribution in [3.05, 3.63) is 34.9 Å². The summed E-state index contributed by atoms with van der Waals surface area (Å²) in [7, 11) is 0. The highest BCUT2D eigenvalue weighted by Gasteiger charge is 2.70. The molecule has 0 amide bonds. The van der Waals surface area contributed by atoms with Gasteiger partial charge in [-0.05, 0) is 50.9 Å². The second-order valence-electron chi connectivity index (χ2n) is 6.37. The van der Waals surface area contributed by atoms with E-state index in [0.717, 1.165) is 19.6 Å². The molecular formula is C16H21F2N. The number of hydrogen-bond donors (Lipinski definition) is 0. The van der Waals surface area contributed by atoms with Crippen molar-refractivity contribution in [2.24, 2.45) is 5.41 Å². The molecule has 1 heterocycles. The fourth-order valence-corrected chi connectivity index (χ4v) is 3.27. The van der Waals surface area contributed by atoms with Gasteiger partial charge in [0.25, 0.3) is 5.92 Å². The van der Waals surface area contributed by atoms with E-state index >= 15 is 0 Å². The van der Waals surface area contributed by atoms with Gasteiger partial charge in [-0.15, -0.1) is 0 Å². The van der Waals surface area contributed by atoms with Crippen molar-refractivity contribution < 1.29 is 8.78 Å². The minimum Gasteiger partial charge on any atom is -0.299 e. The number of halogens is 2. The highest BCUT2D eigenvalue weighted by atomic mass is 19.3. The SMILES string of the molecule is Cc1ccc(C)c(CN2CCC3(CC2)CC3(F)F)c1. The van der Waals surface area contributed by atoms with Crippen molar-refractivity contribution in [1.29, 1.82) is 0 Å². The third kappa shape index (κ3) is 2.29. The zero-order valence-electron chi connectivity index (χ0n) is 11.7. The number of benzene rings is 1. The molecule has 0 atom stereocenters. The van der Waals surface area contributed by atoms with E-state index in [2.05, 4.69) is 36.9 Å². The average molecular weight is 265 g/mol. The molecule has 104 valence electrons. The monoisotopic (exact) mass is 265 g/mol. The molecular weight excluding hydrogens is 244 g/mol. The maximum absolute atomic E-state index is 13.3. The molecule has 19 heavy (non-hydrogen) atoms. The van der Waals surface area contributed by atoms with Crippen LogP contribution in [0.15, 0.2) is 18.2 Å². The second-order valence-corrected chi connectivity index (χ2v) is 6.37. The number of hydrogen-bond acceptors (Lipinski definition) is 1. The van der Waals surface area contributed by atoms with Crippen LogP contribution >= 0.6 is 0 Å². The molecule has 1 saturated heterocycles. The topological polar surface area (TPSA) is 3.24 Å². The van der Waals surface area contributed by atoms with Gasteiger partial charge in [0.15, 0.2) is 0 Å². The second kappa shape index (κ2) is 4.27. The minimum atomic E-state index is -2.38. The summed E-state index contributed by atoms with van der Waals surface area (Å²) in [4.78, 5) is 2.32. The zero-order chi connectivity index (χ0) is 13.7. The van der Waals surface area contributed by atoms with E-state index in [4.69, 9.17) is 0 Å². The molecule has 1 spiro atoms. The summed E-state index contributed by atoms with van der Waals surface area (Å²) >= 11 is 0. The Balaban J connectivity index is 1.62. The summed E-state index contributed by atoms with van der Waals surface area (Å²) in [5.74, 6) is -2.38. The van der Waals surface area contributed by atoms with E-state index in [-0.39, 0.29) is 6.42 Å². The first-order valence-electron chi connectivity index (χ1n) is 7.08. The Morgan fingerprint density at radius 3 is 2.37 bits per heavy atom. The van der Waals surface area contributed by atoms with E-state index in [1.807, 2.05) is 0 Å². The van der Waals surface area contributed by atoms with Gasteiger partial charge in [-0.2, -0.15) is 0 Å². The molecule has 0 radical (unpaired) electrons. The lowest BCUT2D eigenvalue weighted by Gasteiger charge is -2.32. The molecule has 0 aromatic heterocycles. The Kier molecular flexibility index (Phi) is 2.93. The molecule has 1 aromatic rings. The van der Waals surface area contributed by atoms with Crippen molar-refractivity contribution in [2.75, 3.05) is 13.1 Å². The van der Waals surface area contributed by atoms with Crippen molar-refractivity contribution >= 4 is 0 Å². The average Bonchev–Trinajstić information content (AvgIpc) is 2.88. The summed E-state index contributed by atoms with van der Waals surface area (Å²) in [5, 5.41) is 0. The van der Waals surface area contributed by atoms with Crippen molar-refractivity contribution in [3.8, 4) is 0 Å². The number of piperidine rings is 1. The normalized spacial score (nSPS) is 24.6. The van der Waals surface area contributed by atoms with Gasteiger partial charge in [0.2, 0.25) is 0 Å². The molecule has 1 nitrogen and oxygen atoms in total. The highest BCUT2D eigenvalue weighted by Crippen LogP contribution is 2.65. The Bertz CT molecular complexity index is 488. The summed E-state index contributed by atoms with van der Waals surface area (Å²) in [6.07, 6.45) is 1.44. The zero-order valence-corrected chi connectivity index (χ0v) is 11.7. The molecule has 2 aliphatic rings. The van der Waals surface area contributed by atoms with Crippen molar-refractivity contribution in [3.63, 3.8) is 0 Å². The Labute approximate surface area is 113 Å². The van der Waals surface area contributed by atoms with Crippen LogP contribution in [0.1, 0.15) is 36.0 Å². The molecule has 0 bridgehead atoms. The molecule has 1 aliphatic heterocycles. The van der Waals surface area contributed by atoms with Crippen LogP contribution in [-0.4, -0.2) is 23.9 Å². The number of nitrogens with zero attached hydrogens (tertiary/aromatic N) is 1. The van der Waals surface area contributed by atoms with E-state index in [9.17, 15) is 8.78 Å². The minimum absolute atomic E-state index is 0.122. The first-order valence-corrected chi connectivity index (χ1v) is 7.08. The van der Waals surface area contributed by atoms with E-state index in [1.165, 1.54) is 16.7 Å². The molecule has 0 N–H and O–H groups in total. The van der Waals surface area contributed by atoms with Gasteiger partial charge < -0.3 is 0 Å². The number of alkyl halides is 2. The summed E-state index contributed by atoms with van der Waals surface area (Å²) in [5.41, 5.74) is 3.26. The first kappa shape index (κ1) is 13.0. The van der Waals surface area contributed by atoms with Crippen LogP contribution in [0.3, 0.4) is 0 Å². The Morgan fingerprint density at radius 1 is 1.16 bits per heavy atom. The van der Waals surface area contributed by atoms with Gasteiger partial charge in [0.05, 0.1) is 0 Å². The third-order valence-corrected chi connectivity index (χ3v) is 4.92. The highest BCUT2D eigenvalue weighted by molar-refractivity contribution is 5.30. The van der Waals surface area contributed by atoms with Gasteiger partial charge in [0.1, 0.15) is 0 Å². The first-order chi connectivity index (χ1) is 8.92. The molecule has 3 heteroatoms. The predicted molar refractivity (Wildman–Crippen MR) is 72.4 cm³/mol. The quantitative estimate of drug-likeness (QED) is 0.783. The van der Waals surface area contributed by atoms with Gasteiger partial charge in [0, 0.05) is 18.4 Å². The summed E-state index contributed by atoms with van der Waals surface area (Å²) < 4.78 is 26.7. The van der Waals surface area contributed by atoms with Gasteiger partial charge in [-0.3, -0.25) is 4.90 Å². The van der Waals surface area contributed by atoms with E-state index in [1.54, 1.807) is 0 Å². The fourth-order valence-electron chi connectivity index (χ4n) is 3.27. The molecule has 0 unspecified atom stereocenters. The van der Waals surface area contributed by atoms with Crippen LogP contribution in [0.4, 0.5) is 8.78 Å². The summed E-state index contributed by atoms with van der Waals surface area (Å²) in [6, 6.07) is 6.48. The van der Waals surface area contributed by atoms with Gasteiger partial charge >= 0.3 is 0 Å². The molecule has 1 aromatic carbocycles. The van der Waals surface area contributed by atoms with Crippen LogP contribution in [0, 0.1) is 19.3 Å². The van der Waals surface area contributed by atoms with E-state index < -0.39 is 11.3 Å². The number of likely N-dealkylation sites (tertiary alicyclic amines) is 1. The van der Waals surface area contributed by atoms with Gasteiger partial charge in [-0.1, -0.05) is 23.8 Å². The number of rotatable bonds is 2. The maximum Gasteiger partial charge on any atom is 0.254 e. The van der Waals surface area contributed by atoms with Crippen molar-refractivity contribution in [2.45, 2.75) is 45.6 Å². The number of aryl methyl sites for hydroxylation is 2. The Hall–Kier alpha value is -0.960. The maximum atomic E-state index is 13.3. The molecule has 1 saturated carbocycles. The third-order valence-electron chi connectivity index (χ3n) is 4.92. The summed E-state index contributed by atoms with van der Waals surface area (Å²) in [6.45, 7) is 6.73.